The minimum Gasteiger partial charge on any atom is -0.352 e. The third-order valence-corrected chi connectivity index (χ3v) is 6.67. The van der Waals surface area contributed by atoms with Gasteiger partial charge in [0.25, 0.3) is 0 Å². The Labute approximate surface area is 189 Å². The van der Waals surface area contributed by atoms with Crippen LogP contribution in [0.2, 0.25) is 0 Å². The van der Waals surface area contributed by atoms with E-state index in [1.165, 1.54) is 12.8 Å². The van der Waals surface area contributed by atoms with Crippen molar-refractivity contribution in [3.05, 3.63) is 36.9 Å². The number of piperazine rings is 1. The van der Waals surface area contributed by atoms with Crippen LogP contribution in [0.4, 0.5) is 5.82 Å². The van der Waals surface area contributed by atoms with Crippen molar-refractivity contribution in [1.29, 1.82) is 0 Å². The van der Waals surface area contributed by atoms with E-state index < -0.39 is 0 Å². The number of rotatable bonds is 4. The number of anilines is 1. The summed E-state index contributed by atoms with van der Waals surface area (Å²) in [6.07, 6.45) is 10.1. The van der Waals surface area contributed by atoms with Crippen molar-refractivity contribution in [2.45, 2.75) is 18.9 Å². The van der Waals surface area contributed by atoms with E-state index in [1.807, 2.05) is 29.3 Å². The number of hydrogen-bond acceptors (Lipinski definition) is 7. The van der Waals surface area contributed by atoms with Crippen LogP contribution in [0, 0.1) is 0 Å². The Hall–Kier alpha value is -3.79. The van der Waals surface area contributed by atoms with Crippen molar-refractivity contribution in [3.63, 3.8) is 0 Å². The second-order valence-electron chi connectivity index (χ2n) is 9.03. The fourth-order valence-electron chi connectivity index (χ4n) is 4.55. The van der Waals surface area contributed by atoms with Crippen molar-refractivity contribution >= 4 is 27.8 Å². The first kappa shape index (κ1) is 18.8. The van der Waals surface area contributed by atoms with Gasteiger partial charge in [0.2, 0.25) is 0 Å². The van der Waals surface area contributed by atoms with Gasteiger partial charge in [-0.25, -0.2) is 9.97 Å². The summed E-state index contributed by atoms with van der Waals surface area (Å²) in [4.78, 5) is 22.3. The number of imidazole rings is 1. The SMILES string of the molecule is CN1CCN(c2nccc3[nH]c(-c4n[nH]c5cnc(-c6cnn(C7CC7)c6)cc45)nc23)CC1. The molecular weight excluding hydrogens is 416 g/mol. The lowest BCUT2D eigenvalue weighted by Crippen LogP contribution is -2.44. The summed E-state index contributed by atoms with van der Waals surface area (Å²) in [5, 5.41) is 13.2. The Bertz CT molecular complexity index is 1470. The summed E-state index contributed by atoms with van der Waals surface area (Å²) in [5.74, 6) is 1.66. The largest absolute Gasteiger partial charge is 0.352 e. The molecule has 0 spiro atoms. The lowest BCUT2D eigenvalue weighted by Gasteiger charge is -2.33. The molecule has 0 amide bonds. The molecule has 1 saturated heterocycles. The van der Waals surface area contributed by atoms with Crippen LogP contribution in [0.3, 0.4) is 0 Å². The van der Waals surface area contributed by atoms with Crippen molar-refractivity contribution < 1.29 is 0 Å². The average Bonchev–Trinajstić information content (AvgIpc) is 3.23. The normalized spacial score (nSPS) is 17.4. The zero-order chi connectivity index (χ0) is 21.9. The van der Waals surface area contributed by atoms with Gasteiger partial charge in [0.15, 0.2) is 11.6 Å². The summed E-state index contributed by atoms with van der Waals surface area (Å²) < 4.78 is 2.05. The molecule has 7 rings (SSSR count). The van der Waals surface area contributed by atoms with E-state index in [4.69, 9.17) is 4.98 Å². The second-order valence-corrected chi connectivity index (χ2v) is 9.03. The zero-order valence-electron chi connectivity index (χ0n) is 18.4. The third kappa shape index (κ3) is 3.17. The lowest BCUT2D eigenvalue weighted by atomic mass is 10.1. The van der Waals surface area contributed by atoms with Crippen molar-refractivity contribution in [2.75, 3.05) is 38.1 Å². The molecule has 0 aromatic carbocycles. The van der Waals surface area contributed by atoms with Crippen LogP contribution >= 0.6 is 0 Å². The number of fused-ring (bicyclic) bond motifs is 2. The quantitative estimate of drug-likeness (QED) is 0.442. The maximum atomic E-state index is 4.94. The predicted octanol–water partition coefficient (Wildman–Crippen LogP) is 2.85. The first-order chi connectivity index (χ1) is 16.2. The van der Waals surface area contributed by atoms with Crippen LogP contribution in [0.5, 0.6) is 0 Å². The van der Waals surface area contributed by atoms with E-state index in [-0.39, 0.29) is 0 Å². The van der Waals surface area contributed by atoms with Gasteiger partial charge in [-0.1, -0.05) is 0 Å². The van der Waals surface area contributed by atoms with E-state index in [0.717, 1.165) is 76.7 Å². The van der Waals surface area contributed by atoms with E-state index >= 15 is 0 Å². The molecule has 2 fully saturated rings. The molecule has 6 heterocycles. The zero-order valence-corrected chi connectivity index (χ0v) is 18.4. The van der Waals surface area contributed by atoms with Gasteiger partial charge < -0.3 is 14.8 Å². The van der Waals surface area contributed by atoms with Gasteiger partial charge >= 0.3 is 0 Å². The Morgan fingerprint density at radius 2 is 1.91 bits per heavy atom. The predicted molar refractivity (Wildman–Crippen MR) is 126 cm³/mol. The molecule has 0 unspecified atom stereocenters. The number of likely N-dealkylation sites (N-methyl/N-ethyl adjacent to an activating group) is 1. The summed E-state index contributed by atoms with van der Waals surface area (Å²) in [7, 11) is 2.15. The Morgan fingerprint density at radius 3 is 2.76 bits per heavy atom. The van der Waals surface area contributed by atoms with Crippen LogP contribution in [0.15, 0.2) is 36.9 Å². The molecule has 166 valence electrons. The van der Waals surface area contributed by atoms with Crippen LogP contribution in [-0.4, -0.2) is 78.0 Å². The highest BCUT2D eigenvalue weighted by atomic mass is 15.3. The Morgan fingerprint density at radius 1 is 1.03 bits per heavy atom. The molecule has 1 aliphatic carbocycles. The first-order valence-corrected chi connectivity index (χ1v) is 11.4. The maximum Gasteiger partial charge on any atom is 0.159 e. The van der Waals surface area contributed by atoms with E-state index in [2.05, 4.69) is 59.4 Å². The Balaban J connectivity index is 1.29. The monoisotopic (exact) mass is 440 g/mol. The van der Waals surface area contributed by atoms with Gasteiger partial charge in [0.1, 0.15) is 11.2 Å². The van der Waals surface area contributed by atoms with Crippen LogP contribution < -0.4 is 4.90 Å². The molecule has 0 bridgehead atoms. The van der Waals surface area contributed by atoms with Gasteiger partial charge in [0, 0.05) is 49.5 Å². The van der Waals surface area contributed by atoms with E-state index in [0.29, 0.717) is 6.04 Å². The molecule has 1 aliphatic heterocycles. The molecule has 10 heteroatoms. The molecular formula is C23H24N10. The molecule has 0 radical (unpaired) electrons. The second kappa shape index (κ2) is 7.11. The number of nitrogens with one attached hydrogen (secondary N) is 2. The van der Waals surface area contributed by atoms with Crippen molar-refractivity contribution in [1.82, 2.24) is 44.8 Å². The molecule has 10 nitrogen and oxygen atoms in total. The van der Waals surface area contributed by atoms with Crippen molar-refractivity contribution in [2.24, 2.45) is 0 Å². The molecule has 2 N–H and O–H groups in total. The molecule has 33 heavy (non-hydrogen) atoms. The fourth-order valence-corrected chi connectivity index (χ4v) is 4.55. The third-order valence-electron chi connectivity index (χ3n) is 6.67. The van der Waals surface area contributed by atoms with Gasteiger partial charge in [-0.05, 0) is 32.0 Å². The lowest BCUT2D eigenvalue weighted by molar-refractivity contribution is 0.312. The topological polar surface area (TPSA) is 107 Å². The Kier molecular flexibility index (Phi) is 4.04. The summed E-state index contributed by atoms with van der Waals surface area (Å²) in [6, 6.07) is 4.58. The average molecular weight is 441 g/mol. The number of nitrogens with zero attached hydrogens (tertiary/aromatic N) is 8. The highest BCUT2D eigenvalue weighted by molar-refractivity contribution is 5.96. The van der Waals surface area contributed by atoms with Gasteiger partial charge in [0.05, 0.1) is 35.2 Å². The highest BCUT2D eigenvalue weighted by Gasteiger charge is 2.25. The molecule has 5 aromatic heterocycles. The highest BCUT2D eigenvalue weighted by Crippen LogP contribution is 2.36. The maximum absolute atomic E-state index is 4.94. The minimum atomic E-state index is 0.547. The van der Waals surface area contributed by atoms with Crippen LogP contribution in [-0.2, 0) is 0 Å². The smallest absolute Gasteiger partial charge is 0.159 e. The van der Waals surface area contributed by atoms with E-state index in [1.54, 1.807) is 0 Å². The van der Waals surface area contributed by atoms with Crippen LogP contribution in [0.25, 0.3) is 44.7 Å². The molecule has 0 atom stereocenters. The van der Waals surface area contributed by atoms with Gasteiger partial charge in [-0.2, -0.15) is 10.2 Å². The van der Waals surface area contributed by atoms with Crippen LogP contribution in [0.1, 0.15) is 18.9 Å². The fraction of sp³-hybridized carbons (Fsp3) is 0.348. The minimum absolute atomic E-state index is 0.547. The molecule has 5 aromatic rings. The number of pyridine rings is 2. The van der Waals surface area contributed by atoms with Crippen molar-refractivity contribution in [3.8, 4) is 22.8 Å². The number of hydrogen-bond donors (Lipinski definition) is 2. The molecule has 2 aliphatic rings. The van der Waals surface area contributed by atoms with Gasteiger partial charge in [-0.15, -0.1) is 0 Å². The summed E-state index contributed by atoms with van der Waals surface area (Å²) in [5.41, 5.74) is 5.40. The first-order valence-electron chi connectivity index (χ1n) is 11.4. The standard InChI is InChI=1S/C23H24N10/c1-31-6-8-32(9-7-31)23-21-17(4-5-24-23)27-22(28-21)20-16-10-18(25-12-19(16)29-30-20)14-11-26-33(13-14)15-2-3-15/h4-5,10-13,15H,2-3,6-9H2,1H3,(H,27,28)(H,29,30). The summed E-state index contributed by atoms with van der Waals surface area (Å²) in [6.45, 7) is 3.93. The number of H-pyrrole nitrogens is 2. The number of aromatic amines is 2. The number of aromatic nitrogens is 8. The van der Waals surface area contributed by atoms with Gasteiger partial charge in [-0.3, -0.25) is 14.8 Å². The van der Waals surface area contributed by atoms with E-state index in [9.17, 15) is 0 Å². The molecule has 1 saturated carbocycles. The summed E-state index contributed by atoms with van der Waals surface area (Å²) >= 11 is 0.